The molecule has 0 spiro atoms. The fourth-order valence-corrected chi connectivity index (χ4v) is 2.39. The van der Waals surface area contributed by atoms with Gasteiger partial charge < -0.3 is 9.55 Å². The number of pyridine rings is 1. The summed E-state index contributed by atoms with van der Waals surface area (Å²) >= 11 is 0. The van der Waals surface area contributed by atoms with Crippen molar-refractivity contribution >= 4 is 22.9 Å². The molecule has 0 saturated heterocycles. The van der Waals surface area contributed by atoms with Gasteiger partial charge in [-0.1, -0.05) is 19.1 Å². The molecule has 0 aliphatic heterocycles. The average molecular weight is 296 g/mol. The van der Waals surface area contributed by atoms with Crippen molar-refractivity contribution in [1.82, 2.24) is 14.5 Å². The lowest BCUT2D eigenvalue weighted by Crippen LogP contribution is -2.24. The monoisotopic (exact) mass is 296 g/mol. The number of nitrogens with one attached hydrogen (secondary N) is 2. The summed E-state index contributed by atoms with van der Waals surface area (Å²) in [6, 6.07) is 10.8. The quantitative estimate of drug-likeness (QED) is 0.775. The Balaban J connectivity index is 2.00. The highest BCUT2D eigenvalue weighted by Gasteiger charge is 2.15. The third-order valence-electron chi connectivity index (χ3n) is 3.39. The van der Waals surface area contributed by atoms with Crippen LogP contribution in [0.1, 0.15) is 23.7 Å². The number of benzene rings is 1. The second-order valence-electron chi connectivity index (χ2n) is 4.94. The largest absolute Gasteiger partial charge is 0.328 e. The van der Waals surface area contributed by atoms with Gasteiger partial charge in [-0.3, -0.25) is 14.9 Å². The molecule has 0 unspecified atom stereocenters. The van der Waals surface area contributed by atoms with Crippen LogP contribution in [-0.4, -0.2) is 20.4 Å². The highest BCUT2D eigenvalue weighted by molar-refractivity contribution is 6.03. The minimum atomic E-state index is -0.463. The van der Waals surface area contributed by atoms with Crippen LogP contribution in [0.25, 0.3) is 11.0 Å². The molecule has 0 bridgehead atoms. The zero-order chi connectivity index (χ0) is 15.5. The predicted molar refractivity (Wildman–Crippen MR) is 85.0 cm³/mol. The van der Waals surface area contributed by atoms with E-state index in [1.807, 2.05) is 28.8 Å². The summed E-state index contributed by atoms with van der Waals surface area (Å²) in [5.74, 6) is -0.00851. The maximum atomic E-state index is 12.3. The molecule has 2 N–H and O–H groups in total. The molecule has 1 aromatic carbocycles. The second-order valence-corrected chi connectivity index (χ2v) is 4.94. The van der Waals surface area contributed by atoms with Crippen molar-refractivity contribution in [2.24, 2.45) is 0 Å². The van der Waals surface area contributed by atoms with E-state index < -0.39 is 11.5 Å². The Labute approximate surface area is 126 Å². The van der Waals surface area contributed by atoms with E-state index in [0.717, 1.165) is 24.0 Å². The number of rotatable bonds is 4. The van der Waals surface area contributed by atoms with E-state index >= 15 is 0 Å². The molecule has 22 heavy (non-hydrogen) atoms. The number of hydrogen-bond donors (Lipinski definition) is 2. The van der Waals surface area contributed by atoms with Gasteiger partial charge in [0, 0.05) is 12.7 Å². The molecule has 0 aliphatic carbocycles. The molecular formula is C16H16N4O2. The molecule has 6 heteroatoms. The number of anilines is 1. The summed E-state index contributed by atoms with van der Waals surface area (Å²) in [5.41, 5.74) is 1.42. The van der Waals surface area contributed by atoms with Crippen LogP contribution in [0.3, 0.4) is 0 Å². The lowest BCUT2D eigenvalue weighted by atomic mass is 10.2. The first-order chi connectivity index (χ1) is 10.7. The highest BCUT2D eigenvalue weighted by atomic mass is 16.2. The van der Waals surface area contributed by atoms with E-state index in [1.54, 1.807) is 6.07 Å². The molecule has 2 aromatic heterocycles. The Kier molecular flexibility index (Phi) is 3.74. The number of carbonyl (C=O) groups is 1. The molecule has 2 heterocycles. The van der Waals surface area contributed by atoms with Crippen LogP contribution in [-0.2, 0) is 6.54 Å². The number of fused-ring (bicyclic) bond motifs is 1. The lowest BCUT2D eigenvalue weighted by molar-refractivity contribution is 0.102. The van der Waals surface area contributed by atoms with Crippen LogP contribution >= 0.6 is 0 Å². The van der Waals surface area contributed by atoms with Crippen LogP contribution in [0, 0.1) is 0 Å². The van der Waals surface area contributed by atoms with Crippen molar-refractivity contribution in [3.63, 3.8) is 0 Å². The third-order valence-corrected chi connectivity index (χ3v) is 3.39. The minimum Gasteiger partial charge on any atom is -0.328 e. The van der Waals surface area contributed by atoms with Crippen molar-refractivity contribution in [3.8, 4) is 0 Å². The molecule has 112 valence electrons. The van der Waals surface area contributed by atoms with Gasteiger partial charge in [-0.05, 0) is 30.7 Å². The molecule has 0 saturated carbocycles. The maximum absolute atomic E-state index is 12.3. The molecule has 0 atom stereocenters. The molecule has 0 fully saturated rings. The fourth-order valence-electron chi connectivity index (χ4n) is 2.39. The normalized spacial score (nSPS) is 10.8. The first-order valence-electron chi connectivity index (χ1n) is 7.15. The third kappa shape index (κ3) is 2.50. The van der Waals surface area contributed by atoms with E-state index in [0.29, 0.717) is 5.95 Å². The zero-order valence-electron chi connectivity index (χ0n) is 12.2. The minimum absolute atomic E-state index is 0.0672. The van der Waals surface area contributed by atoms with Gasteiger partial charge in [0.05, 0.1) is 11.0 Å². The lowest BCUT2D eigenvalue weighted by Gasteiger charge is -2.08. The number of hydrogen-bond acceptors (Lipinski definition) is 3. The summed E-state index contributed by atoms with van der Waals surface area (Å²) in [4.78, 5) is 30.9. The van der Waals surface area contributed by atoms with E-state index in [4.69, 9.17) is 0 Å². The van der Waals surface area contributed by atoms with E-state index in [1.165, 1.54) is 12.3 Å². The standard InChI is InChI=1S/C16H16N4O2/c1-2-10-20-13-8-4-3-7-12(13)18-16(20)19-15(22)11-6-5-9-17-14(11)21/h3-9H,2,10H2,1H3,(H,17,21)(H,18,19,22). The van der Waals surface area contributed by atoms with Crippen molar-refractivity contribution in [2.75, 3.05) is 5.32 Å². The van der Waals surface area contributed by atoms with Gasteiger partial charge in [-0.2, -0.15) is 0 Å². The number of carbonyl (C=O) groups excluding carboxylic acids is 1. The molecule has 3 rings (SSSR count). The SMILES string of the molecule is CCCn1c(NC(=O)c2ccc[nH]c2=O)nc2ccccc21. The number of aromatic nitrogens is 3. The molecule has 0 aliphatic rings. The Hall–Kier alpha value is -2.89. The summed E-state index contributed by atoms with van der Waals surface area (Å²) in [6.45, 7) is 2.80. The predicted octanol–water partition coefficient (Wildman–Crippen LogP) is 2.39. The molecule has 1 amide bonds. The summed E-state index contributed by atoms with van der Waals surface area (Å²) in [5, 5.41) is 2.73. The summed E-state index contributed by atoms with van der Waals surface area (Å²) in [7, 11) is 0. The van der Waals surface area contributed by atoms with E-state index in [9.17, 15) is 9.59 Å². The van der Waals surface area contributed by atoms with Crippen LogP contribution in [0.5, 0.6) is 0 Å². The maximum Gasteiger partial charge on any atom is 0.263 e. The zero-order valence-corrected chi connectivity index (χ0v) is 12.2. The number of H-pyrrole nitrogens is 1. The van der Waals surface area contributed by atoms with E-state index in [2.05, 4.69) is 22.2 Å². The van der Waals surface area contributed by atoms with Gasteiger partial charge in [0.25, 0.3) is 11.5 Å². The van der Waals surface area contributed by atoms with E-state index in [-0.39, 0.29) is 5.56 Å². The molecule has 3 aromatic rings. The topological polar surface area (TPSA) is 79.8 Å². The van der Waals surface area contributed by atoms with Crippen molar-refractivity contribution in [2.45, 2.75) is 19.9 Å². The van der Waals surface area contributed by atoms with Crippen LogP contribution in [0.4, 0.5) is 5.95 Å². The summed E-state index contributed by atoms with van der Waals surface area (Å²) in [6.07, 6.45) is 2.40. The van der Waals surface area contributed by atoms with Gasteiger partial charge in [0.2, 0.25) is 5.95 Å². The second kappa shape index (κ2) is 5.85. The summed E-state index contributed by atoms with van der Waals surface area (Å²) < 4.78 is 1.95. The van der Waals surface area contributed by atoms with Gasteiger partial charge in [0.15, 0.2) is 0 Å². The highest BCUT2D eigenvalue weighted by Crippen LogP contribution is 2.20. The molecule has 6 nitrogen and oxygen atoms in total. The molecular weight excluding hydrogens is 280 g/mol. The Bertz CT molecular complexity index is 879. The Morgan fingerprint density at radius 1 is 1.27 bits per heavy atom. The number of imidazole rings is 1. The first-order valence-corrected chi connectivity index (χ1v) is 7.15. The van der Waals surface area contributed by atoms with Crippen molar-refractivity contribution in [1.29, 1.82) is 0 Å². The van der Waals surface area contributed by atoms with Crippen LogP contribution in [0.2, 0.25) is 0 Å². The smallest absolute Gasteiger partial charge is 0.263 e. The Morgan fingerprint density at radius 3 is 2.86 bits per heavy atom. The van der Waals surface area contributed by atoms with Gasteiger partial charge in [-0.25, -0.2) is 4.98 Å². The van der Waals surface area contributed by atoms with Crippen molar-refractivity contribution in [3.05, 3.63) is 58.5 Å². The average Bonchev–Trinajstić information content (AvgIpc) is 2.86. The first kappa shape index (κ1) is 14.1. The van der Waals surface area contributed by atoms with Gasteiger partial charge in [0.1, 0.15) is 5.56 Å². The number of amides is 1. The number of aryl methyl sites for hydroxylation is 1. The van der Waals surface area contributed by atoms with Crippen LogP contribution < -0.4 is 10.9 Å². The van der Waals surface area contributed by atoms with Crippen molar-refractivity contribution < 1.29 is 4.79 Å². The number of para-hydroxylation sites is 2. The number of aromatic amines is 1. The van der Waals surface area contributed by atoms with Gasteiger partial charge in [-0.15, -0.1) is 0 Å². The fraction of sp³-hybridized carbons (Fsp3) is 0.188. The molecule has 0 radical (unpaired) electrons. The Morgan fingerprint density at radius 2 is 2.09 bits per heavy atom. The van der Waals surface area contributed by atoms with Crippen LogP contribution in [0.15, 0.2) is 47.4 Å². The number of nitrogens with zero attached hydrogens (tertiary/aromatic N) is 2. The van der Waals surface area contributed by atoms with Gasteiger partial charge >= 0.3 is 0 Å².